The molecule has 2 nitrogen and oxygen atoms in total. The fourth-order valence-corrected chi connectivity index (χ4v) is 6.09. The van der Waals surface area contributed by atoms with Crippen molar-refractivity contribution in [3.63, 3.8) is 0 Å². The Balaban J connectivity index is 2.86. The molecule has 2 aromatic rings. The molecular weight excluding hydrogens is 695 g/mol. The van der Waals surface area contributed by atoms with Crippen molar-refractivity contribution in [2.24, 2.45) is 7.05 Å². The molecule has 98 valence electrons. The Morgan fingerprint density at radius 1 is 0.611 bits per heavy atom. The summed E-state index contributed by atoms with van der Waals surface area (Å²) < 4.78 is 10.7. The van der Waals surface area contributed by atoms with E-state index in [1.54, 1.807) is 0 Å². The van der Waals surface area contributed by atoms with Gasteiger partial charge in [-0.1, -0.05) is 0 Å². The van der Waals surface area contributed by atoms with Crippen molar-refractivity contribution in [1.82, 2.24) is 9.13 Å². The largest absolute Gasteiger partial charge is 0.330 e. The molecule has 0 saturated carbocycles. The average Bonchev–Trinajstić information content (AvgIpc) is 2.64. The monoisotopic (exact) mass is 691 g/mol. The van der Waals surface area contributed by atoms with Gasteiger partial charge in [0.25, 0.3) is 0 Å². The first-order valence-corrected chi connectivity index (χ1v) is 9.94. The molecule has 0 atom stereocenters. The number of rotatable bonds is 1. The third-order valence-electron chi connectivity index (χ3n) is 2.34. The fraction of sp³-hybridized carbons (Fsp3) is 0.111. The van der Waals surface area contributed by atoms with E-state index in [9.17, 15) is 0 Å². The molecule has 0 N–H and O–H groups in total. The maximum absolute atomic E-state index is 3.60. The Bertz CT molecular complexity index is 533. The lowest BCUT2D eigenvalue weighted by molar-refractivity contribution is 0.865. The van der Waals surface area contributed by atoms with Crippen molar-refractivity contribution in [2.45, 2.75) is 0 Å². The zero-order chi connectivity index (χ0) is 13.8. The van der Waals surface area contributed by atoms with Crippen LogP contribution < -0.4 is 0 Å². The smallest absolute Gasteiger partial charge is 0.111 e. The number of hydrogen-bond acceptors (Lipinski definition) is 0. The Labute approximate surface area is 163 Å². The van der Waals surface area contributed by atoms with Gasteiger partial charge >= 0.3 is 0 Å². The molecule has 0 saturated heterocycles. The van der Waals surface area contributed by atoms with Crippen molar-refractivity contribution >= 4 is 112 Å². The lowest BCUT2D eigenvalue weighted by Gasteiger charge is -2.07. The molecule has 0 radical (unpaired) electrons. The summed E-state index contributed by atoms with van der Waals surface area (Å²) >= 11 is 25.0. The SMILES string of the molecule is Cn1c(Br)c(Br)c(-n2c(Br)c(Br)c(Br)c2Br)c1Br. The fourth-order valence-electron chi connectivity index (χ4n) is 1.43. The lowest BCUT2D eigenvalue weighted by Crippen LogP contribution is -1.96. The van der Waals surface area contributed by atoms with Gasteiger partial charge in [-0.05, 0) is 112 Å². The van der Waals surface area contributed by atoms with E-state index >= 15 is 0 Å². The van der Waals surface area contributed by atoms with Crippen LogP contribution in [-0.4, -0.2) is 9.13 Å². The first-order chi connectivity index (χ1) is 8.29. The second kappa shape index (κ2) is 5.96. The Morgan fingerprint density at radius 3 is 1.39 bits per heavy atom. The van der Waals surface area contributed by atoms with E-state index in [1.165, 1.54) is 0 Å². The summed E-state index contributed by atoms with van der Waals surface area (Å²) in [6.45, 7) is 0. The van der Waals surface area contributed by atoms with Gasteiger partial charge in [-0.15, -0.1) is 0 Å². The molecule has 0 spiro atoms. The number of halogens is 7. The molecule has 2 heterocycles. The van der Waals surface area contributed by atoms with Gasteiger partial charge in [0.15, 0.2) is 0 Å². The van der Waals surface area contributed by atoms with Crippen LogP contribution in [0.25, 0.3) is 5.69 Å². The van der Waals surface area contributed by atoms with Crippen LogP contribution in [0.4, 0.5) is 0 Å². The second-order valence-electron chi connectivity index (χ2n) is 3.35. The van der Waals surface area contributed by atoms with Crippen molar-refractivity contribution in [3.05, 3.63) is 31.8 Å². The van der Waals surface area contributed by atoms with Crippen LogP contribution in [0.15, 0.2) is 31.8 Å². The van der Waals surface area contributed by atoms with Gasteiger partial charge in [0.1, 0.15) is 18.4 Å². The third-order valence-corrected chi connectivity index (χ3v) is 10.1. The number of nitrogens with zero attached hydrogens (tertiary/aromatic N) is 2. The van der Waals surface area contributed by atoms with Crippen LogP contribution in [0.2, 0.25) is 0 Å². The van der Waals surface area contributed by atoms with E-state index in [2.05, 4.69) is 112 Å². The zero-order valence-corrected chi connectivity index (χ0v) is 19.6. The van der Waals surface area contributed by atoms with E-state index in [0.29, 0.717) is 0 Å². The maximum atomic E-state index is 3.60. The van der Waals surface area contributed by atoms with E-state index < -0.39 is 0 Å². The standard InChI is InChI=1S/C9H3Br7N2/c1-17-6(13)4(12)5(9(17)16)18-7(14)2(10)3(11)8(18)15/h1H3. The summed E-state index contributed by atoms with van der Waals surface area (Å²) in [6, 6.07) is 0. The van der Waals surface area contributed by atoms with Crippen molar-refractivity contribution in [3.8, 4) is 5.69 Å². The second-order valence-corrected chi connectivity index (χ2v) is 8.73. The van der Waals surface area contributed by atoms with Crippen LogP contribution in [0, 0.1) is 0 Å². The minimum Gasteiger partial charge on any atom is -0.330 e. The van der Waals surface area contributed by atoms with E-state index in [4.69, 9.17) is 0 Å². The van der Waals surface area contributed by atoms with Crippen LogP contribution >= 0.6 is 112 Å². The molecule has 0 amide bonds. The Morgan fingerprint density at radius 2 is 1.06 bits per heavy atom. The summed E-state index contributed by atoms with van der Waals surface area (Å²) in [7, 11) is 1.97. The van der Waals surface area contributed by atoms with Crippen LogP contribution in [0.1, 0.15) is 0 Å². The van der Waals surface area contributed by atoms with Crippen LogP contribution in [0.3, 0.4) is 0 Å². The van der Waals surface area contributed by atoms with Crippen molar-refractivity contribution < 1.29 is 0 Å². The minimum absolute atomic E-state index is 0.917. The molecule has 0 aliphatic carbocycles. The lowest BCUT2D eigenvalue weighted by atomic mass is 10.5. The highest BCUT2D eigenvalue weighted by Crippen LogP contribution is 2.46. The molecule has 0 aliphatic rings. The maximum Gasteiger partial charge on any atom is 0.111 e. The molecule has 0 aliphatic heterocycles. The molecule has 18 heavy (non-hydrogen) atoms. The van der Waals surface area contributed by atoms with Crippen LogP contribution in [-0.2, 0) is 7.05 Å². The van der Waals surface area contributed by atoms with Gasteiger partial charge < -0.3 is 4.57 Å². The topological polar surface area (TPSA) is 9.86 Å². The summed E-state index contributed by atoms with van der Waals surface area (Å²) in [6.07, 6.45) is 0. The van der Waals surface area contributed by atoms with Gasteiger partial charge in [-0.2, -0.15) is 0 Å². The van der Waals surface area contributed by atoms with Gasteiger partial charge in [0, 0.05) is 7.05 Å². The average molecular weight is 698 g/mol. The number of aromatic nitrogens is 2. The molecule has 0 aromatic carbocycles. The van der Waals surface area contributed by atoms with Gasteiger partial charge in [0.2, 0.25) is 0 Å². The van der Waals surface area contributed by atoms with Gasteiger partial charge in [-0.25, -0.2) is 0 Å². The summed E-state index contributed by atoms with van der Waals surface area (Å²) in [5, 5.41) is 0. The molecule has 0 fully saturated rings. The van der Waals surface area contributed by atoms with Gasteiger partial charge in [0.05, 0.1) is 19.1 Å². The molecule has 0 bridgehead atoms. The van der Waals surface area contributed by atoms with Crippen LogP contribution in [0.5, 0.6) is 0 Å². The quantitative estimate of drug-likeness (QED) is 0.300. The summed E-state index contributed by atoms with van der Waals surface area (Å²) in [4.78, 5) is 0. The van der Waals surface area contributed by atoms with E-state index in [0.717, 1.165) is 37.5 Å². The zero-order valence-electron chi connectivity index (χ0n) is 8.54. The highest BCUT2D eigenvalue weighted by Gasteiger charge is 2.24. The molecule has 2 aromatic heterocycles. The highest BCUT2D eigenvalue weighted by atomic mass is 79.9. The summed E-state index contributed by atoms with van der Waals surface area (Å²) in [5.41, 5.74) is 0.995. The normalized spacial score (nSPS) is 11.3. The van der Waals surface area contributed by atoms with Crippen molar-refractivity contribution in [1.29, 1.82) is 0 Å². The predicted octanol–water partition coefficient (Wildman–Crippen LogP) is 7.15. The first kappa shape index (κ1) is 16.3. The van der Waals surface area contributed by atoms with E-state index in [-0.39, 0.29) is 0 Å². The molecule has 0 unspecified atom stereocenters. The Kier molecular flexibility index (Phi) is 5.40. The predicted molar refractivity (Wildman–Crippen MR) is 98.6 cm³/mol. The third kappa shape index (κ3) is 2.43. The van der Waals surface area contributed by atoms with Gasteiger partial charge in [-0.3, -0.25) is 4.57 Å². The Hall–Kier alpha value is 1.92. The first-order valence-electron chi connectivity index (χ1n) is 4.39. The molecular formula is C9H3Br7N2. The van der Waals surface area contributed by atoms with E-state index in [1.807, 2.05) is 16.2 Å². The summed E-state index contributed by atoms with van der Waals surface area (Å²) in [5.74, 6) is 0. The molecule has 2 rings (SSSR count). The number of hydrogen-bond donors (Lipinski definition) is 0. The highest BCUT2D eigenvalue weighted by molar-refractivity contribution is 9.15. The molecule has 9 heteroatoms. The minimum atomic E-state index is 0.917. The van der Waals surface area contributed by atoms with Crippen molar-refractivity contribution in [2.75, 3.05) is 0 Å².